The molecular formula is C8H8OS. The fourth-order valence-electron chi connectivity index (χ4n) is 0.765. The zero-order valence-electron chi connectivity index (χ0n) is 5.45. The van der Waals surface area contributed by atoms with Gasteiger partial charge in [0.25, 0.3) is 0 Å². The molecule has 2 heteroatoms. The van der Waals surface area contributed by atoms with Crippen LogP contribution < -0.4 is 0 Å². The SMILES string of the molecule is O=Cc1cccc(CS)c1. The average molecular weight is 152 g/mol. The molecule has 10 heavy (non-hydrogen) atoms. The van der Waals surface area contributed by atoms with E-state index in [0.717, 1.165) is 11.8 Å². The molecule has 0 saturated carbocycles. The van der Waals surface area contributed by atoms with Gasteiger partial charge in [0.15, 0.2) is 0 Å². The van der Waals surface area contributed by atoms with Gasteiger partial charge in [0.05, 0.1) is 0 Å². The lowest BCUT2D eigenvalue weighted by Gasteiger charge is -1.94. The standard InChI is InChI=1S/C8H8OS/c9-5-7-2-1-3-8(4-7)6-10/h1-5,10H,6H2. The highest BCUT2D eigenvalue weighted by Gasteiger charge is 1.90. The maximum Gasteiger partial charge on any atom is 0.150 e. The summed E-state index contributed by atoms with van der Waals surface area (Å²) in [6, 6.07) is 7.41. The van der Waals surface area contributed by atoms with Crippen molar-refractivity contribution in [3.63, 3.8) is 0 Å². The molecule has 0 bridgehead atoms. The first-order valence-corrected chi connectivity index (χ1v) is 3.65. The van der Waals surface area contributed by atoms with E-state index < -0.39 is 0 Å². The van der Waals surface area contributed by atoms with Crippen molar-refractivity contribution in [1.82, 2.24) is 0 Å². The molecule has 1 nitrogen and oxygen atoms in total. The van der Waals surface area contributed by atoms with Crippen LogP contribution in [-0.4, -0.2) is 6.29 Å². The van der Waals surface area contributed by atoms with Gasteiger partial charge in [-0.2, -0.15) is 12.6 Å². The molecule has 1 rings (SSSR count). The highest BCUT2D eigenvalue weighted by molar-refractivity contribution is 7.79. The maximum atomic E-state index is 10.2. The second kappa shape index (κ2) is 3.42. The maximum absolute atomic E-state index is 10.2. The van der Waals surface area contributed by atoms with Crippen LogP contribution in [0.1, 0.15) is 15.9 Å². The van der Waals surface area contributed by atoms with Gasteiger partial charge in [-0.15, -0.1) is 0 Å². The molecule has 0 atom stereocenters. The summed E-state index contributed by atoms with van der Waals surface area (Å²) in [5.74, 6) is 0.682. The summed E-state index contributed by atoms with van der Waals surface area (Å²) in [5.41, 5.74) is 1.79. The van der Waals surface area contributed by atoms with E-state index in [1.807, 2.05) is 18.2 Å². The number of hydrogen-bond donors (Lipinski definition) is 1. The molecule has 1 aromatic rings. The molecule has 0 aliphatic rings. The topological polar surface area (TPSA) is 17.1 Å². The molecule has 0 saturated heterocycles. The Bertz CT molecular complexity index is 232. The fourth-order valence-corrected chi connectivity index (χ4v) is 0.961. The average Bonchev–Trinajstić information content (AvgIpc) is 2.05. The minimum Gasteiger partial charge on any atom is -0.298 e. The predicted octanol–water partition coefficient (Wildman–Crippen LogP) is 1.93. The monoisotopic (exact) mass is 152 g/mol. The molecule has 0 aromatic heterocycles. The molecular weight excluding hydrogens is 144 g/mol. The van der Waals surface area contributed by atoms with E-state index in [1.165, 1.54) is 0 Å². The minimum atomic E-state index is 0.682. The number of carbonyl (C=O) groups excluding carboxylic acids is 1. The summed E-state index contributed by atoms with van der Waals surface area (Å²) in [4.78, 5) is 10.2. The Kier molecular flexibility index (Phi) is 2.51. The van der Waals surface area contributed by atoms with Crippen molar-refractivity contribution in [2.75, 3.05) is 0 Å². The third-order valence-electron chi connectivity index (χ3n) is 1.27. The van der Waals surface area contributed by atoms with Gasteiger partial charge < -0.3 is 0 Å². The number of benzene rings is 1. The number of aldehydes is 1. The van der Waals surface area contributed by atoms with Gasteiger partial charge in [-0.3, -0.25) is 4.79 Å². The molecule has 0 radical (unpaired) electrons. The van der Waals surface area contributed by atoms with Crippen molar-refractivity contribution < 1.29 is 4.79 Å². The van der Waals surface area contributed by atoms with E-state index in [4.69, 9.17) is 0 Å². The van der Waals surface area contributed by atoms with Crippen molar-refractivity contribution in [3.05, 3.63) is 35.4 Å². The predicted molar refractivity (Wildman–Crippen MR) is 44.5 cm³/mol. The summed E-state index contributed by atoms with van der Waals surface area (Å²) in [7, 11) is 0. The Morgan fingerprint density at radius 2 is 2.30 bits per heavy atom. The van der Waals surface area contributed by atoms with E-state index in [0.29, 0.717) is 11.3 Å². The van der Waals surface area contributed by atoms with Crippen LogP contribution in [0.15, 0.2) is 24.3 Å². The van der Waals surface area contributed by atoms with E-state index >= 15 is 0 Å². The fraction of sp³-hybridized carbons (Fsp3) is 0.125. The van der Waals surface area contributed by atoms with Crippen LogP contribution >= 0.6 is 12.6 Å². The Hall–Kier alpha value is -0.760. The van der Waals surface area contributed by atoms with Gasteiger partial charge in [0, 0.05) is 11.3 Å². The minimum absolute atomic E-state index is 0.682. The Labute approximate surface area is 65.5 Å². The van der Waals surface area contributed by atoms with Crippen molar-refractivity contribution >= 4 is 18.9 Å². The first kappa shape index (κ1) is 7.35. The molecule has 0 N–H and O–H groups in total. The molecule has 0 amide bonds. The van der Waals surface area contributed by atoms with E-state index in [9.17, 15) is 4.79 Å². The summed E-state index contributed by atoms with van der Waals surface area (Å²) in [6.07, 6.45) is 0.840. The Balaban J connectivity index is 2.98. The normalized spacial score (nSPS) is 9.30. The van der Waals surface area contributed by atoms with Crippen molar-refractivity contribution in [3.8, 4) is 0 Å². The van der Waals surface area contributed by atoms with Crippen molar-refractivity contribution in [2.45, 2.75) is 5.75 Å². The molecule has 0 aliphatic carbocycles. The van der Waals surface area contributed by atoms with Crippen LogP contribution in [-0.2, 0) is 5.75 Å². The van der Waals surface area contributed by atoms with E-state index in [-0.39, 0.29) is 0 Å². The highest BCUT2D eigenvalue weighted by atomic mass is 32.1. The van der Waals surface area contributed by atoms with E-state index in [1.54, 1.807) is 6.07 Å². The summed E-state index contributed by atoms with van der Waals surface area (Å²) in [6.45, 7) is 0. The lowest BCUT2D eigenvalue weighted by atomic mass is 10.2. The third kappa shape index (κ3) is 1.61. The molecule has 52 valence electrons. The number of rotatable bonds is 2. The largest absolute Gasteiger partial charge is 0.298 e. The quantitative estimate of drug-likeness (QED) is 0.506. The lowest BCUT2D eigenvalue weighted by molar-refractivity contribution is 0.112. The third-order valence-corrected chi connectivity index (χ3v) is 1.63. The van der Waals surface area contributed by atoms with Crippen LogP contribution in [0.3, 0.4) is 0 Å². The summed E-state index contributed by atoms with van der Waals surface area (Å²) < 4.78 is 0. The Morgan fingerprint density at radius 3 is 2.90 bits per heavy atom. The number of thiol groups is 1. The molecule has 0 heterocycles. The van der Waals surface area contributed by atoms with Crippen LogP contribution in [0.25, 0.3) is 0 Å². The Morgan fingerprint density at radius 1 is 1.50 bits per heavy atom. The number of carbonyl (C=O) groups is 1. The van der Waals surface area contributed by atoms with Gasteiger partial charge in [-0.1, -0.05) is 18.2 Å². The van der Waals surface area contributed by atoms with Gasteiger partial charge in [0.1, 0.15) is 6.29 Å². The van der Waals surface area contributed by atoms with E-state index in [2.05, 4.69) is 12.6 Å². The first-order chi connectivity index (χ1) is 4.86. The van der Waals surface area contributed by atoms with Crippen LogP contribution in [0.2, 0.25) is 0 Å². The molecule has 0 spiro atoms. The molecule has 0 unspecified atom stereocenters. The highest BCUT2D eigenvalue weighted by Crippen LogP contribution is 2.04. The van der Waals surface area contributed by atoms with Gasteiger partial charge in [-0.05, 0) is 11.6 Å². The second-order valence-corrected chi connectivity index (χ2v) is 2.34. The smallest absolute Gasteiger partial charge is 0.150 e. The zero-order chi connectivity index (χ0) is 7.40. The van der Waals surface area contributed by atoms with Crippen molar-refractivity contribution in [1.29, 1.82) is 0 Å². The van der Waals surface area contributed by atoms with Gasteiger partial charge in [0.2, 0.25) is 0 Å². The second-order valence-electron chi connectivity index (χ2n) is 2.02. The summed E-state index contributed by atoms with van der Waals surface area (Å²) in [5, 5.41) is 0. The summed E-state index contributed by atoms with van der Waals surface area (Å²) >= 11 is 4.08. The van der Waals surface area contributed by atoms with Crippen LogP contribution in [0, 0.1) is 0 Å². The van der Waals surface area contributed by atoms with Crippen LogP contribution in [0.4, 0.5) is 0 Å². The van der Waals surface area contributed by atoms with Crippen molar-refractivity contribution in [2.24, 2.45) is 0 Å². The molecule has 0 fully saturated rings. The molecule has 1 aromatic carbocycles. The van der Waals surface area contributed by atoms with Crippen LogP contribution in [0.5, 0.6) is 0 Å². The lowest BCUT2D eigenvalue weighted by Crippen LogP contribution is -1.81. The molecule has 0 aliphatic heterocycles. The zero-order valence-corrected chi connectivity index (χ0v) is 6.34. The first-order valence-electron chi connectivity index (χ1n) is 3.02. The number of hydrogen-bond acceptors (Lipinski definition) is 2. The van der Waals surface area contributed by atoms with Gasteiger partial charge in [-0.25, -0.2) is 0 Å². The van der Waals surface area contributed by atoms with Gasteiger partial charge >= 0.3 is 0 Å².